The van der Waals surface area contributed by atoms with Gasteiger partial charge in [-0.15, -0.1) is 0 Å². The first-order valence-electron chi connectivity index (χ1n) is 9.36. The van der Waals surface area contributed by atoms with Crippen molar-refractivity contribution in [3.63, 3.8) is 0 Å². The Morgan fingerprint density at radius 3 is 2.52 bits per heavy atom. The van der Waals surface area contributed by atoms with Gasteiger partial charge in [-0.3, -0.25) is 4.79 Å². The molecule has 1 saturated carbocycles. The number of carbonyl (C=O) groups is 1. The Labute approximate surface area is 150 Å². The summed E-state index contributed by atoms with van der Waals surface area (Å²) >= 11 is 0. The van der Waals surface area contributed by atoms with E-state index in [1.165, 1.54) is 18.4 Å². The van der Waals surface area contributed by atoms with Gasteiger partial charge in [0.1, 0.15) is 5.75 Å². The lowest BCUT2D eigenvalue weighted by Gasteiger charge is -2.16. The molecule has 1 amide bonds. The van der Waals surface area contributed by atoms with Crippen LogP contribution in [-0.2, 0) is 17.8 Å². The number of hydrogen-bond acceptors (Lipinski definition) is 2. The summed E-state index contributed by atoms with van der Waals surface area (Å²) in [7, 11) is 0. The zero-order valence-electron chi connectivity index (χ0n) is 14.7. The van der Waals surface area contributed by atoms with Gasteiger partial charge in [-0.1, -0.05) is 48.5 Å². The van der Waals surface area contributed by atoms with E-state index >= 15 is 0 Å². The Hall–Kier alpha value is -2.29. The Bertz CT molecular complexity index is 663. The molecule has 3 nitrogen and oxygen atoms in total. The highest BCUT2D eigenvalue weighted by Gasteiger charge is 2.17. The van der Waals surface area contributed by atoms with Crippen molar-refractivity contribution >= 4 is 5.91 Å². The SMILES string of the molecule is O=C(CCCc1ccccc1)NCc1ccccc1OC1CCCC1. The summed E-state index contributed by atoms with van der Waals surface area (Å²) in [4.78, 5) is 12.1. The predicted octanol–water partition coefficient (Wildman–Crippen LogP) is 4.65. The number of nitrogens with one attached hydrogen (secondary N) is 1. The van der Waals surface area contributed by atoms with Crippen LogP contribution in [0.25, 0.3) is 0 Å². The van der Waals surface area contributed by atoms with E-state index in [9.17, 15) is 4.79 Å². The summed E-state index contributed by atoms with van der Waals surface area (Å²) in [6.07, 6.45) is 7.49. The monoisotopic (exact) mass is 337 g/mol. The van der Waals surface area contributed by atoms with E-state index in [-0.39, 0.29) is 5.91 Å². The van der Waals surface area contributed by atoms with E-state index in [2.05, 4.69) is 17.4 Å². The van der Waals surface area contributed by atoms with Gasteiger partial charge in [0.2, 0.25) is 5.91 Å². The molecule has 132 valence electrons. The zero-order valence-corrected chi connectivity index (χ0v) is 14.7. The summed E-state index contributed by atoms with van der Waals surface area (Å²) in [5, 5.41) is 3.03. The van der Waals surface area contributed by atoms with Gasteiger partial charge in [0, 0.05) is 18.5 Å². The van der Waals surface area contributed by atoms with Crippen molar-refractivity contribution in [2.24, 2.45) is 0 Å². The lowest BCUT2D eigenvalue weighted by molar-refractivity contribution is -0.121. The van der Waals surface area contributed by atoms with Crippen LogP contribution in [-0.4, -0.2) is 12.0 Å². The smallest absolute Gasteiger partial charge is 0.220 e. The molecule has 25 heavy (non-hydrogen) atoms. The van der Waals surface area contributed by atoms with E-state index in [1.54, 1.807) is 0 Å². The van der Waals surface area contributed by atoms with Crippen molar-refractivity contribution in [1.82, 2.24) is 5.32 Å². The molecular formula is C22H27NO2. The topological polar surface area (TPSA) is 38.3 Å². The first-order valence-corrected chi connectivity index (χ1v) is 9.36. The van der Waals surface area contributed by atoms with Crippen LogP contribution in [0.4, 0.5) is 0 Å². The lowest BCUT2D eigenvalue weighted by atomic mass is 10.1. The fourth-order valence-corrected chi connectivity index (χ4v) is 3.33. The number of carbonyl (C=O) groups excluding carboxylic acids is 1. The molecule has 0 saturated heterocycles. The molecule has 1 aliphatic rings. The van der Waals surface area contributed by atoms with Crippen LogP contribution in [0.3, 0.4) is 0 Å². The number of para-hydroxylation sites is 1. The standard InChI is InChI=1S/C22H27NO2/c24-22(16-8-11-18-9-2-1-3-10-18)23-17-19-12-4-7-15-21(19)25-20-13-5-6-14-20/h1-4,7,9-10,12,15,20H,5-6,8,11,13-14,16-17H2,(H,23,24). The predicted molar refractivity (Wildman–Crippen MR) is 101 cm³/mol. The van der Waals surface area contributed by atoms with Gasteiger partial charge in [-0.25, -0.2) is 0 Å². The molecule has 0 radical (unpaired) electrons. The first-order chi connectivity index (χ1) is 12.3. The molecule has 0 aliphatic heterocycles. The Morgan fingerprint density at radius 1 is 1.00 bits per heavy atom. The van der Waals surface area contributed by atoms with Crippen LogP contribution < -0.4 is 10.1 Å². The van der Waals surface area contributed by atoms with Crippen LogP contribution in [0, 0.1) is 0 Å². The van der Waals surface area contributed by atoms with E-state index in [1.807, 2.05) is 42.5 Å². The van der Waals surface area contributed by atoms with Crippen molar-refractivity contribution in [2.75, 3.05) is 0 Å². The van der Waals surface area contributed by atoms with Crippen molar-refractivity contribution in [1.29, 1.82) is 0 Å². The highest BCUT2D eigenvalue weighted by Crippen LogP contribution is 2.26. The molecule has 2 aromatic carbocycles. The number of ether oxygens (including phenoxy) is 1. The van der Waals surface area contributed by atoms with Crippen LogP contribution in [0.1, 0.15) is 49.7 Å². The molecule has 2 aromatic rings. The molecule has 1 fully saturated rings. The van der Waals surface area contributed by atoms with E-state index in [0.717, 1.165) is 37.0 Å². The average Bonchev–Trinajstić information content (AvgIpc) is 3.15. The van der Waals surface area contributed by atoms with Gasteiger partial charge in [-0.2, -0.15) is 0 Å². The third kappa shape index (κ3) is 5.63. The normalized spacial score (nSPS) is 14.4. The molecule has 1 N–H and O–H groups in total. The van der Waals surface area contributed by atoms with Gasteiger partial charge in [-0.05, 0) is 50.2 Å². The lowest BCUT2D eigenvalue weighted by Crippen LogP contribution is -2.23. The highest BCUT2D eigenvalue weighted by molar-refractivity contribution is 5.75. The van der Waals surface area contributed by atoms with Gasteiger partial charge < -0.3 is 10.1 Å². The first kappa shape index (κ1) is 17.5. The number of rotatable bonds is 8. The molecular weight excluding hydrogens is 310 g/mol. The largest absolute Gasteiger partial charge is 0.490 e. The highest BCUT2D eigenvalue weighted by atomic mass is 16.5. The Morgan fingerprint density at radius 2 is 1.72 bits per heavy atom. The number of amides is 1. The minimum absolute atomic E-state index is 0.103. The second kappa shape index (κ2) is 9.26. The van der Waals surface area contributed by atoms with E-state index in [4.69, 9.17) is 4.74 Å². The number of hydrogen-bond donors (Lipinski definition) is 1. The van der Waals surface area contributed by atoms with Gasteiger partial charge in [0.05, 0.1) is 6.10 Å². The maximum absolute atomic E-state index is 12.1. The minimum atomic E-state index is 0.103. The molecule has 1 aliphatic carbocycles. The third-order valence-electron chi connectivity index (χ3n) is 4.76. The van der Waals surface area contributed by atoms with Crippen molar-refractivity contribution in [3.05, 3.63) is 65.7 Å². The van der Waals surface area contributed by atoms with Gasteiger partial charge in [0.15, 0.2) is 0 Å². The van der Waals surface area contributed by atoms with Gasteiger partial charge in [0.25, 0.3) is 0 Å². The molecule has 0 aromatic heterocycles. The number of aryl methyl sites for hydroxylation is 1. The summed E-state index contributed by atoms with van der Waals surface area (Å²) in [5.74, 6) is 1.02. The molecule has 0 atom stereocenters. The fraction of sp³-hybridized carbons (Fsp3) is 0.409. The second-order valence-electron chi connectivity index (χ2n) is 6.75. The van der Waals surface area contributed by atoms with Crippen molar-refractivity contribution < 1.29 is 9.53 Å². The minimum Gasteiger partial charge on any atom is -0.490 e. The summed E-state index contributed by atoms with van der Waals surface area (Å²) < 4.78 is 6.13. The molecule has 3 rings (SSSR count). The fourth-order valence-electron chi connectivity index (χ4n) is 3.33. The van der Waals surface area contributed by atoms with Crippen LogP contribution >= 0.6 is 0 Å². The molecule has 0 heterocycles. The Kier molecular flexibility index (Phi) is 6.49. The zero-order chi connectivity index (χ0) is 17.3. The molecule has 0 bridgehead atoms. The quantitative estimate of drug-likeness (QED) is 0.761. The number of benzene rings is 2. The van der Waals surface area contributed by atoms with E-state index < -0.39 is 0 Å². The Balaban J connectivity index is 1.43. The third-order valence-corrected chi connectivity index (χ3v) is 4.76. The average molecular weight is 337 g/mol. The maximum atomic E-state index is 12.1. The summed E-state index contributed by atoms with van der Waals surface area (Å²) in [6, 6.07) is 18.3. The molecule has 0 spiro atoms. The molecule has 0 unspecified atom stereocenters. The van der Waals surface area contributed by atoms with Crippen LogP contribution in [0.2, 0.25) is 0 Å². The summed E-state index contributed by atoms with van der Waals surface area (Å²) in [6.45, 7) is 0.535. The van der Waals surface area contributed by atoms with Crippen molar-refractivity contribution in [3.8, 4) is 5.75 Å². The maximum Gasteiger partial charge on any atom is 0.220 e. The van der Waals surface area contributed by atoms with E-state index in [0.29, 0.717) is 19.1 Å². The van der Waals surface area contributed by atoms with Crippen LogP contribution in [0.15, 0.2) is 54.6 Å². The summed E-state index contributed by atoms with van der Waals surface area (Å²) in [5.41, 5.74) is 2.34. The van der Waals surface area contributed by atoms with Crippen LogP contribution in [0.5, 0.6) is 5.75 Å². The molecule has 3 heteroatoms. The second-order valence-corrected chi connectivity index (χ2v) is 6.75. The van der Waals surface area contributed by atoms with Crippen molar-refractivity contribution in [2.45, 2.75) is 57.6 Å². The van der Waals surface area contributed by atoms with Gasteiger partial charge >= 0.3 is 0 Å².